The Hall–Kier alpha value is -1.28. The predicted molar refractivity (Wildman–Crippen MR) is 74.2 cm³/mol. The number of hydrogen-bond donors (Lipinski definition) is 1. The first-order valence-corrected chi connectivity index (χ1v) is 6.50. The standard InChI is InChI=1S/C15H22N2/c1-3-11-17(12-9-10-12)15-8-6-5-7-13(15)14(16)4-2/h3,5-8,12,14H,1,4,9-11,16H2,2H3/t14-/m1/s1. The Balaban J connectivity index is 2.31. The fourth-order valence-electron chi connectivity index (χ4n) is 2.25. The molecule has 1 aromatic carbocycles. The molecule has 1 saturated carbocycles. The van der Waals surface area contributed by atoms with Gasteiger partial charge in [-0.3, -0.25) is 0 Å². The molecule has 1 fully saturated rings. The maximum Gasteiger partial charge on any atom is 0.0419 e. The lowest BCUT2D eigenvalue weighted by atomic mass is 10.0. The second-order valence-electron chi connectivity index (χ2n) is 4.75. The van der Waals surface area contributed by atoms with Crippen LogP contribution in [0.25, 0.3) is 0 Å². The van der Waals surface area contributed by atoms with Gasteiger partial charge in [0.15, 0.2) is 0 Å². The van der Waals surface area contributed by atoms with Crippen LogP contribution in [-0.4, -0.2) is 12.6 Å². The van der Waals surface area contributed by atoms with Crippen LogP contribution in [0.1, 0.15) is 37.8 Å². The van der Waals surface area contributed by atoms with Gasteiger partial charge in [-0.2, -0.15) is 0 Å². The van der Waals surface area contributed by atoms with Gasteiger partial charge in [-0.05, 0) is 30.9 Å². The van der Waals surface area contributed by atoms with Gasteiger partial charge in [0.25, 0.3) is 0 Å². The molecule has 1 aromatic rings. The molecule has 0 unspecified atom stereocenters. The first-order chi connectivity index (χ1) is 8.27. The number of benzene rings is 1. The number of para-hydroxylation sites is 1. The van der Waals surface area contributed by atoms with Gasteiger partial charge in [-0.15, -0.1) is 6.58 Å². The largest absolute Gasteiger partial charge is 0.365 e. The fraction of sp³-hybridized carbons (Fsp3) is 0.467. The van der Waals surface area contributed by atoms with E-state index >= 15 is 0 Å². The summed E-state index contributed by atoms with van der Waals surface area (Å²) in [6.45, 7) is 6.91. The van der Waals surface area contributed by atoms with Gasteiger partial charge in [0, 0.05) is 24.3 Å². The van der Waals surface area contributed by atoms with Crippen molar-refractivity contribution in [2.75, 3.05) is 11.4 Å². The lowest BCUT2D eigenvalue weighted by molar-refractivity contribution is 0.691. The zero-order valence-electron chi connectivity index (χ0n) is 10.6. The molecule has 2 rings (SSSR count). The molecule has 0 amide bonds. The molecule has 1 atom stereocenters. The highest BCUT2D eigenvalue weighted by atomic mass is 15.2. The summed E-state index contributed by atoms with van der Waals surface area (Å²) in [6, 6.07) is 9.34. The fourth-order valence-corrected chi connectivity index (χ4v) is 2.25. The van der Waals surface area contributed by atoms with Crippen molar-refractivity contribution in [1.82, 2.24) is 0 Å². The summed E-state index contributed by atoms with van der Waals surface area (Å²) in [5.74, 6) is 0. The molecule has 92 valence electrons. The van der Waals surface area contributed by atoms with Crippen molar-refractivity contribution in [2.45, 2.75) is 38.3 Å². The van der Waals surface area contributed by atoms with E-state index in [2.05, 4.69) is 42.7 Å². The zero-order valence-corrected chi connectivity index (χ0v) is 10.6. The second kappa shape index (κ2) is 5.37. The molecule has 0 aromatic heterocycles. The van der Waals surface area contributed by atoms with E-state index in [9.17, 15) is 0 Å². The third-order valence-electron chi connectivity index (χ3n) is 3.40. The highest BCUT2D eigenvalue weighted by molar-refractivity contribution is 5.57. The molecular formula is C15H22N2. The van der Waals surface area contributed by atoms with Crippen LogP contribution < -0.4 is 10.6 Å². The van der Waals surface area contributed by atoms with Crippen LogP contribution >= 0.6 is 0 Å². The quantitative estimate of drug-likeness (QED) is 0.760. The Morgan fingerprint density at radius 2 is 2.18 bits per heavy atom. The van der Waals surface area contributed by atoms with E-state index in [1.54, 1.807) is 0 Å². The van der Waals surface area contributed by atoms with E-state index in [-0.39, 0.29) is 6.04 Å². The van der Waals surface area contributed by atoms with Crippen LogP contribution in [0.4, 0.5) is 5.69 Å². The van der Waals surface area contributed by atoms with Crippen LogP contribution in [-0.2, 0) is 0 Å². The lowest BCUT2D eigenvalue weighted by Gasteiger charge is -2.27. The minimum atomic E-state index is 0.136. The smallest absolute Gasteiger partial charge is 0.0419 e. The molecule has 0 aliphatic heterocycles. The summed E-state index contributed by atoms with van der Waals surface area (Å²) in [5.41, 5.74) is 8.76. The number of rotatable bonds is 6. The summed E-state index contributed by atoms with van der Waals surface area (Å²) in [4.78, 5) is 2.44. The molecule has 0 spiro atoms. The van der Waals surface area contributed by atoms with Crippen LogP contribution in [0.2, 0.25) is 0 Å². The summed E-state index contributed by atoms with van der Waals surface area (Å²) in [6.07, 6.45) is 5.54. The van der Waals surface area contributed by atoms with Crippen LogP contribution in [0, 0.1) is 0 Å². The van der Waals surface area contributed by atoms with E-state index < -0.39 is 0 Å². The summed E-state index contributed by atoms with van der Waals surface area (Å²) in [5, 5.41) is 0. The highest BCUT2D eigenvalue weighted by Crippen LogP contribution is 2.35. The highest BCUT2D eigenvalue weighted by Gasteiger charge is 2.30. The van der Waals surface area contributed by atoms with Crippen LogP contribution in [0.3, 0.4) is 0 Å². The monoisotopic (exact) mass is 230 g/mol. The Bertz CT molecular complexity index is 382. The molecule has 0 bridgehead atoms. The van der Waals surface area contributed by atoms with E-state index in [0.717, 1.165) is 13.0 Å². The molecule has 1 aliphatic rings. The number of nitrogens with zero attached hydrogens (tertiary/aromatic N) is 1. The van der Waals surface area contributed by atoms with Gasteiger partial charge in [-0.25, -0.2) is 0 Å². The van der Waals surface area contributed by atoms with Gasteiger partial charge in [0.1, 0.15) is 0 Å². The molecule has 2 heteroatoms. The van der Waals surface area contributed by atoms with Gasteiger partial charge in [-0.1, -0.05) is 31.2 Å². The van der Waals surface area contributed by atoms with Gasteiger partial charge < -0.3 is 10.6 Å². The van der Waals surface area contributed by atoms with E-state index in [4.69, 9.17) is 5.73 Å². The Kier molecular flexibility index (Phi) is 3.85. The van der Waals surface area contributed by atoms with Crippen LogP contribution in [0.15, 0.2) is 36.9 Å². The minimum absolute atomic E-state index is 0.136. The van der Waals surface area contributed by atoms with E-state index in [1.165, 1.54) is 24.1 Å². The third-order valence-corrected chi connectivity index (χ3v) is 3.40. The number of anilines is 1. The van der Waals surface area contributed by atoms with Crippen molar-refractivity contribution in [3.05, 3.63) is 42.5 Å². The van der Waals surface area contributed by atoms with Crippen molar-refractivity contribution in [3.8, 4) is 0 Å². The maximum atomic E-state index is 6.20. The molecule has 2 N–H and O–H groups in total. The Morgan fingerprint density at radius 1 is 1.47 bits per heavy atom. The minimum Gasteiger partial charge on any atom is -0.365 e. The van der Waals surface area contributed by atoms with Crippen molar-refractivity contribution in [3.63, 3.8) is 0 Å². The average molecular weight is 230 g/mol. The zero-order chi connectivity index (χ0) is 12.3. The SMILES string of the molecule is C=CCN(c1ccccc1[C@H](N)CC)C1CC1. The molecule has 1 aliphatic carbocycles. The number of nitrogens with two attached hydrogens (primary N) is 1. The van der Waals surface area contributed by atoms with Crippen LogP contribution in [0.5, 0.6) is 0 Å². The second-order valence-corrected chi connectivity index (χ2v) is 4.75. The Labute approximate surface area is 104 Å². The number of hydrogen-bond acceptors (Lipinski definition) is 2. The van der Waals surface area contributed by atoms with Gasteiger partial charge >= 0.3 is 0 Å². The van der Waals surface area contributed by atoms with E-state index in [1.807, 2.05) is 6.08 Å². The topological polar surface area (TPSA) is 29.3 Å². The molecule has 0 radical (unpaired) electrons. The van der Waals surface area contributed by atoms with Crippen molar-refractivity contribution >= 4 is 5.69 Å². The predicted octanol–water partition coefficient (Wildman–Crippen LogP) is 3.25. The molecular weight excluding hydrogens is 208 g/mol. The third kappa shape index (κ3) is 2.70. The Morgan fingerprint density at radius 3 is 2.76 bits per heavy atom. The molecule has 0 heterocycles. The lowest BCUT2D eigenvalue weighted by Crippen LogP contribution is -2.28. The first kappa shape index (κ1) is 12.2. The molecule has 17 heavy (non-hydrogen) atoms. The maximum absolute atomic E-state index is 6.20. The van der Waals surface area contributed by atoms with Crippen molar-refractivity contribution in [1.29, 1.82) is 0 Å². The first-order valence-electron chi connectivity index (χ1n) is 6.50. The average Bonchev–Trinajstić information content (AvgIpc) is 3.19. The molecule has 0 saturated heterocycles. The van der Waals surface area contributed by atoms with Crippen molar-refractivity contribution < 1.29 is 0 Å². The molecule has 2 nitrogen and oxygen atoms in total. The summed E-state index contributed by atoms with van der Waals surface area (Å²) >= 11 is 0. The van der Waals surface area contributed by atoms with E-state index in [0.29, 0.717) is 6.04 Å². The normalized spacial score (nSPS) is 16.6. The summed E-state index contributed by atoms with van der Waals surface area (Å²) in [7, 11) is 0. The van der Waals surface area contributed by atoms with Gasteiger partial charge in [0.2, 0.25) is 0 Å². The van der Waals surface area contributed by atoms with Crippen molar-refractivity contribution in [2.24, 2.45) is 5.73 Å². The van der Waals surface area contributed by atoms with Gasteiger partial charge in [0.05, 0.1) is 0 Å². The summed E-state index contributed by atoms with van der Waals surface area (Å²) < 4.78 is 0.